The van der Waals surface area contributed by atoms with E-state index in [0.29, 0.717) is 24.4 Å². The van der Waals surface area contributed by atoms with Crippen LogP contribution in [0.3, 0.4) is 0 Å². The first-order chi connectivity index (χ1) is 16.6. The average Bonchev–Trinajstić information content (AvgIpc) is 3.29. The zero-order chi connectivity index (χ0) is 25.6. The number of ether oxygens (including phenoxy) is 1. The molecule has 2 aromatic rings. The lowest BCUT2D eigenvalue weighted by Crippen LogP contribution is -2.46. The molecule has 1 heterocycles. The molecule has 8 nitrogen and oxygen atoms in total. The van der Waals surface area contributed by atoms with Crippen LogP contribution in [0, 0.1) is 0 Å². The smallest absolute Gasteiger partial charge is 0.323 e. The van der Waals surface area contributed by atoms with Gasteiger partial charge in [-0.05, 0) is 87.9 Å². The van der Waals surface area contributed by atoms with E-state index in [1.165, 1.54) is 0 Å². The van der Waals surface area contributed by atoms with Crippen LogP contribution in [0.1, 0.15) is 64.9 Å². The van der Waals surface area contributed by atoms with Crippen molar-refractivity contribution in [2.45, 2.75) is 70.9 Å². The second-order valence-electron chi connectivity index (χ2n) is 9.52. The van der Waals surface area contributed by atoms with Crippen LogP contribution in [0.25, 0.3) is 0 Å². The normalized spacial score (nSPS) is 16.6. The van der Waals surface area contributed by atoms with Gasteiger partial charge < -0.3 is 30.5 Å². The van der Waals surface area contributed by atoms with Gasteiger partial charge in [-0.1, -0.05) is 13.0 Å². The number of nitrogens with zero attached hydrogens (tertiary/aromatic N) is 1. The molecule has 0 bridgehead atoms. The third-order valence-corrected chi connectivity index (χ3v) is 6.45. The molecule has 2 unspecified atom stereocenters. The highest BCUT2D eigenvalue weighted by Crippen LogP contribution is 2.38. The van der Waals surface area contributed by atoms with Gasteiger partial charge in [0.2, 0.25) is 0 Å². The molecule has 0 spiro atoms. The summed E-state index contributed by atoms with van der Waals surface area (Å²) in [7, 11) is 0. The van der Waals surface area contributed by atoms with Crippen molar-refractivity contribution >= 4 is 29.1 Å². The Balaban J connectivity index is 1.89. The Morgan fingerprint density at radius 2 is 1.86 bits per heavy atom. The molecule has 0 aliphatic carbocycles. The van der Waals surface area contributed by atoms with E-state index >= 15 is 0 Å². The Morgan fingerprint density at radius 1 is 1.14 bits per heavy atom. The van der Waals surface area contributed by atoms with Crippen molar-refractivity contribution in [1.82, 2.24) is 0 Å². The van der Waals surface area contributed by atoms with Gasteiger partial charge in [-0.15, -0.1) is 0 Å². The molecule has 35 heavy (non-hydrogen) atoms. The summed E-state index contributed by atoms with van der Waals surface area (Å²) in [5.74, 6) is -0.297. The lowest BCUT2D eigenvalue weighted by Gasteiger charge is -2.36. The topological polar surface area (TPSA) is 111 Å². The van der Waals surface area contributed by atoms with Gasteiger partial charge in [0.05, 0.1) is 36.0 Å². The zero-order valence-corrected chi connectivity index (χ0v) is 21.0. The number of aliphatic carboxylic acids is 1. The first-order valence-electron chi connectivity index (χ1n) is 12.3. The molecule has 0 radical (unpaired) electrons. The first kappa shape index (κ1) is 26.3. The molecule has 190 valence electrons. The number of hydrogen-bond acceptors (Lipinski definition) is 5. The first-order valence-corrected chi connectivity index (χ1v) is 12.3. The van der Waals surface area contributed by atoms with Gasteiger partial charge in [0.15, 0.2) is 0 Å². The number of carboxylic acid groups (broad SMARTS) is 1. The third-order valence-electron chi connectivity index (χ3n) is 6.45. The Bertz CT molecular complexity index is 1020. The fourth-order valence-electron chi connectivity index (χ4n) is 4.74. The zero-order valence-electron chi connectivity index (χ0n) is 21.0. The predicted octanol–water partition coefficient (Wildman–Crippen LogP) is 5.44. The molecule has 1 saturated heterocycles. The fourth-order valence-corrected chi connectivity index (χ4v) is 4.74. The van der Waals surface area contributed by atoms with Gasteiger partial charge in [0, 0.05) is 12.2 Å². The number of urea groups is 1. The number of hydrogen-bond donors (Lipinski definition) is 4. The molecule has 0 aromatic heterocycles. The van der Waals surface area contributed by atoms with Gasteiger partial charge in [0.1, 0.15) is 5.75 Å². The lowest BCUT2D eigenvalue weighted by molar-refractivity contribution is -0.137. The van der Waals surface area contributed by atoms with Crippen LogP contribution in [0.4, 0.5) is 21.9 Å². The van der Waals surface area contributed by atoms with Crippen LogP contribution in [-0.2, 0) is 4.79 Å². The van der Waals surface area contributed by atoms with Crippen molar-refractivity contribution < 1.29 is 24.5 Å². The Morgan fingerprint density at radius 3 is 2.46 bits per heavy atom. The Hall–Kier alpha value is -3.26. The minimum absolute atomic E-state index is 0.0175. The number of nitrogens with one attached hydrogen (secondary N) is 2. The van der Waals surface area contributed by atoms with Gasteiger partial charge in [-0.2, -0.15) is 0 Å². The number of carbonyl (C=O) groups excluding carboxylic acids is 1. The summed E-state index contributed by atoms with van der Waals surface area (Å²) in [6.45, 7) is 8.79. The van der Waals surface area contributed by atoms with E-state index in [4.69, 9.17) is 4.74 Å². The van der Waals surface area contributed by atoms with Crippen molar-refractivity contribution in [3.63, 3.8) is 0 Å². The van der Waals surface area contributed by atoms with Crippen molar-refractivity contribution in [3.05, 3.63) is 48.0 Å². The summed E-state index contributed by atoms with van der Waals surface area (Å²) in [4.78, 5) is 26.5. The van der Waals surface area contributed by atoms with Crippen molar-refractivity contribution in [1.29, 1.82) is 0 Å². The van der Waals surface area contributed by atoms with Crippen molar-refractivity contribution in [2.24, 2.45) is 0 Å². The monoisotopic (exact) mass is 483 g/mol. The quantitative estimate of drug-likeness (QED) is 0.358. The highest BCUT2D eigenvalue weighted by atomic mass is 16.5. The van der Waals surface area contributed by atoms with Crippen LogP contribution < -0.4 is 20.3 Å². The molecular weight excluding hydrogens is 446 g/mol. The second-order valence-corrected chi connectivity index (χ2v) is 9.52. The number of amides is 2. The van der Waals surface area contributed by atoms with Crippen LogP contribution in [0.15, 0.2) is 42.5 Å². The molecule has 3 rings (SSSR count). The summed E-state index contributed by atoms with van der Waals surface area (Å²) < 4.78 is 5.45. The lowest BCUT2D eigenvalue weighted by atomic mass is 9.92. The largest absolute Gasteiger partial charge is 0.494 e. The van der Waals surface area contributed by atoms with E-state index < -0.39 is 17.6 Å². The van der Waals surface area contributed by atoms with Crippen LogP contribution in [0.5, 0.6) is 5.75 Å². The van der Waals surface area contributed by atoms with E-state index in [0.717, 1.165) is 36.4 Å². The molecule has 1 aliphatic rings. The molecule has 4 N–H and O–H groups in total. The van der Waals surface area contributed by atoms with E-state index in [1.807, 2.05) is 32.0 Å². The van der Waals surface area contributed by atoms with E-state index in [-0.39, 0.29) is 18.4 Å². The van der Waals surface area contributed by atoms with Crippen molar-refractivity contribution in [3.8, 4) is 5.75 Å². The van der Waals surface area contributed by atoms with Crippen LogP contribution in [-0.4, -0.2) is 47.0 Å². The van der Waals surface area contributed by atoms with E-state index in [2.05, 4.69) is 15.5 Å². The molecule has 0 saturated carbocycles. The van der Waals surface area contributed by atoms with Crippen LogP contribution in [0.2, 0.25) is 0 Å². The molecular formula is C27H37N3O5. The third kappa shape index (κ3) is 6.88. The number of aliphatic hydroxyl groups is 1. The summed E-state index contributed by atoms with van der Waals surface area (Å²) in [6, 6.07) is 12.4. The summed E-state index contributed by atoms with van der Waals surface area (Å²) in [5, 5.41) is 25.9. The number of rotatable bonds is 10. The predicted molar refractivity (Wildman–Crippen MR) is 139 cm³/mol. The molecule has 2 amide bonds. The standard InChI is InChI=1S/C27H37N3O5/c1-5-18(17-25(31)32)19-9-14-23(30-15-7-8-24(30)27(3,4)34)22(16-19)29-26(33)28-20-10-12-21(13-11-20)35-6-2/h9-14,16,18,24,34H,5-8,15,17H2,1-4H3,(H,31,32)(H2,28,29,33). The van der Waals surface area contributed by atoms with Crippen LogP contribution >= 0.6 is 0 Å². The molecule has 2 aromatic carbocycles. The Kier molecular flexibility index (Phi) is 8.62. The molecule has 1 fully saturated rings. The molecule has 1 aliphatic heterocycles. The van der Waals surface area contributed by atoms with Gasteiger partial charge in [-0.25, -0.2) is 4.79 Å². The number of carboxylic acids is 1. The highest BCUT2D eigenvalue weighted by Gasteiger charge is 2.37. The number of carbonyl (C=O) groups is 2. The summed E-state index contributed by atoms with van der Waals surface area (Å²) >= 11 is 0. The average molecular weight is 484 g/mol. The number of benzene rings is 2. The molecule has 8 heteroatoms. The molecule has 2 atom stereocenters. The van der Waals surface area contributed by atoms with E-state index in [9.17, 15) is 19.8 Å². The minimum Gasteiger partial charge on any atom is -0.494 e. The van der Waals surface area contributed by atoms with Gasteiger partial charge in [-0.3, -0.25) is 4.79 Å². The van der Waals surface area contributed by atoms with E-state index in [1.54, 1.807) is 38.1 Å². The summed E-state index contributed by atoms with van der Waals surface area (Å²) in [5.41, 5.74) is 1.97. The van der Waals surface area contributed by atoms with Gasteiger partial charge in [0.25, 0.3) is 0 Å². The highest BCUT2D eigenvalue weighted by molar-refractivity contribution is 6.02. The van der Waals surface area contributed by atoms with Gasteiger partial charge >= 0.3 is 12.0 Å². The maximum atomic E-state index is 13.0. The SMILES string of the molecule is CCOc1ccc(NC(=O)Nc2cc(C(CC)CC(=O)O)ccc2N2CCCC2C(C)(C)O)cc1. The number of anilines is 3. The maximum Gasteiger partial charge on any atom is 0.323 e. The maximum absolute atomic E-state index is 13.0. The van der Waals surface area contributed by atoms with Crippen molar-refractivity contribution in [2.75, 3.05) is 28.7 Å². The Labute approximate surface area is 207 Å². The fraction of sp³-hybridized carbons (Fsp3) is 0.481. The summed E-state index contributed by atoms with van der Waals surface area (Å²) in [6.07, 6.45) is 2.47. The minimum atomic E-state index is -0.910. The second kappa shape index (κ2) is 11.4.